The van der Waals surface area contributed by atoms with Gasteiger partial charge in [0.25, 0.3) is 0 Å². The monoisotopic (exact) mass is 242 g/mol. The van der Waals surface area contributed by atoms with E-state index in [-0.39, 0.29) is 18.2 Å². The molecule has 1 rings (SSSR count). The number of nitrogens with zero attached hydrogens (tertiary/aromatic N) is 1. The average molecular weight is 242 g/mol. The van der Waals surface area contributed by atoms with Crippen LogP contribution in [0.4, 0.5) is 4.79 Å². The molecule has 17 heavy (non-hydrogen) atoms. The van der Waals surface area contributed by atoms with Crippen LogP contribution in [-0.4, -0.2) is 41.8 Å². The normalized spacial score (nSPS) is 21.4. The third kappa shape index (κ3) is 4.54. The molecule has 4 heteroatoms. The molecule has 1 amide bonds. The first-order valence-electron chi connectivity index (χ1n) is 6.53. The highest BCUT2D eigenvalue weighted by Gasteiger charge is 2.30. The highest BCUT2D eigenvalue weighted by atomic mass is 16.6. The summed E-state index contributed by atoms with van der Waals surface area (Å²) in [5.74, 6) is 0. The first-order chi connectivity index (χ1) is 7.81. The van der Waals surface area contributed by atoms with Crippen LogP contribution in [0.5, 0.6) is 0 Å². The summed E-state index contributed by atoms with van der Waals surface area (Å²) >= 11 is 0. The summed E-state index contributed by atoms with van der Waals surface area (Å²) in [6, 6.07) is 0.438. The van der Waals surface area contributed by atoms with Crippen LogP contribution < -0.4 is 5.32 Å². The summed E-state index contributed by atoms with van der Waals surface area (Å²) in [4.78, 5) is 14.0. The van der Waals surface area contributed by atoms with Crippen LogP contribution in [0.3, 0.4) is 0 Å². The second-order valence-electron chi connectivity index (χ2n) is 5.98. The highest BCUT2D eigenvalue weighted by Crippen LogP contribution is 2.18. The molecule has 0 aliphatic carbocycles. The molecule has 1 aliphatic rings. The van der Waals surface area contributed by atoms with Crippen molar-refractivity contribution in [1.82, 2.24) is 10.2 Å². The van der Waals surface area contributed by atoms with Crippen molar-refractivity contribution in [3.63, 3.8) is 0 Å². The van der Waals surface area contributed by atoms with Gasteiger partial charge in [0.2, 0.25) is 0 Å². The summed E-state index contributed by atoms with van der Waals surface area (Å²) in [5, 5.41) is 3.34. The van der Waals surface area contributed by atoms with E-state index < -0.39 is 5.60 Å². The smallest absolute Gasteiger partial charge is 0.410 e. The first kappa shape index (κ1) is 14.3. The largest absolute Gasteiger partial charge is 0.444 e. The minimum atomic E-state index is -0.424. The van der Waals surface area contributed by atoms with Crippen molar-refractivity contribution in [3.8, 4) is 0 Å². The molecule has 4 nitrogen and oxygen atoms in total. The number of hydrogen-bond acceptors (Lipinski definition) is 3. The number of rotatable bonds is 2. The molecule has 1 fully saturated rings. The van der Waals surface area contributed by atoms with Gasteiger partial charge in [0.1, 0.15) is 5.60 Å². The molecule has 0 bridgehead atoms. The molecule has 1 aliphatic heterocycles. The van der Waals surface area contributed by atoms with Gasteiger partial charge in [0.05, 0.1) is 0 Å². The van der Waals surface area contributed by atoms with Gasteiger partial charge < -0.3 is 15.0 Å². The Morgan fingerprint density at radius 3 is 2.47 bits per heavy atom. The Balaban J connectivity index is 2.67. The molecular formula is C13H26N2O2. The van der Waals surface area contributed by atoms with Gasteiger partial charge in [-0.15, -0.1) is 0 Å². The van der Waals surface area contributed by atoms with Crippen molar-refractivity contribution in [3.05, 3.63) is 0 Å². The van der Waals surface area contributed by atoms with E-state index >= 15 is 0 Å². The zero-order valence-electron chi connectivity index (χ0n) is 11.7. The average Bonchev–Trinajstić information content (AvgIpc) is 2.15. The van der Waals surface area contributed by atoms with E-state index in [1.54, 1.807) is 0 Å². The van der Waals surface area contributed by atoms with Gasteiger partial charge in [-0.3, -0.25) is 0 Å². The molecule has 1 atom stereocenters. The van der Waals surface area contributed by atoms with Crippen molar-refractivity contribution < 1.29 is 9.53 Å². The van der Waals surface area contributed by atoms with Crippen LogP contribution in [0, 0.1) is 0 Å². The van der Waals surface area contributed by atoms with Gasteiger partial charge in [-0.05, 0) is 54.0 Å². The fourth-order valence-corrected chi connectivity index (χ4v) is 2.17. The fourth-order valence-electron chi connectivity index (χ4n) is 2.17. The molecule has 0 saturated carbocycles. The molecule has 100 valence electrons. The van der Waals surface area contributed by atoms with E-state index in [1.807, 2.05) is 39.5 Å². The van der Waals surface area contributed by atoms with Gasteiger partial charge >= 0.3 is 6.09 Å². The third-order valence-electron chi connectivity index (χ3n) is 2.82. The number of nitrogens with one attached hydrogen (secondary N) is 1. The summed E-state index contributed by atoms with van der Waals surface area (Å²) in [7, 11) is 0. The van der Waals surface area contributed by atoms with E-state index in [9.17, 15) is 4.79 Å². The van der Waals surface area contributed by atoms with Gasteiger partial charge in [0, 0.05) is 18.6 Å². The Labute approximate surface area is 105 Å². The standard InChI is InChI=1S/C13H26N2O2/c1-10(2)15(11-7-6-8-14-9-11)12(16)17-13(3,4)5/h10-11,14H,6-9H2,1-5H3. The van der Waals surface area contributed by atoms with E-state index in [1.165, 1.54) is 0 Å². The van der Waals surface area contributed by atoms with Crippen molar-refractivity contribution in [2.24, 2.45) is 0 Å². The van der Waals surface area contributed by atoms with E-state index in [0.717, 1.165) is 25.9 Å². The molecule has 1 unspecified atom stereocenters. The summed E-state index contributed by atoms with van der Waals surface area (Å²) in [5.41, 5.74) is -0.424. The Bertz CT molecular complexity index is 253. The molecule has 0 aromatic rings. The Kier molecular flexibility index (Phi) is 4.80. The zero-order chi connectivity index (χ0) is 13.1. The lowest BCUT2D eigenvalue weighted by Crippen LogP contribution is -2.52. The lowest BCUT2D eigenvalue weighted by atomic mass is 10.0. The third-order valence-corrected chi connectivity index (χ3v) is 2.82. The number of ether oxygens (including phenoxy) is 1. The van der Waals surface area contributed by atoms with E-state index in [2.05, 4.69) is 5.32 Å². The van der Waals surface area contributed by atoms with Crippen molar-refractivity contribution in [2.45, 2.75) is 65.1 Å². The summed E-state index contributed by atoms with van der Waals surface area (Å²) in [6.45, 7) is 11.7. The minimum Gasteiger partial charge on any atom is -0.444 e. The predicted octanol–water partition coefficient (Wildman–Crippen LogP) is 2.38. The molecule has 0 radical (unpaired) electrons. The van der Waals surface area contributed by atoms with E-state index in [0.29, 0.717) is 0 Å². The zero-order valence-corrected chi connectivity index (χ0v) is 11.7. The first-order valence-corrected chi connectivity index (χ1v) is 6.53. The van der Waals surface area contributed by atoms with Crippen LogP contribution in [0.1, 0.15) is 47.5 Å². The van der Waals surface area contributed by atoms with Crippen LogP contribution in [0.15, 0.2) is 0 Å². The molecular weight excluding hydrogens is 216 g/mol. The molecule has 0 aromatic carbocycles. The fraction of sp³-hybridized carbons (Fsp3) is 0.923. The van der Waals surface area contributed by atoms with E-state index in [4.69, 9.17) is 4.74 Å². The quantitative estimate of drug-likeness (QED) is 0.808. The number of amides is 1. The molecule has 1 N–H and O–H groups in total. The van der Waals surface area contributed by atoms with Crippen molar-refractivity contribution in [1.29, 1.82) is 0 Å². The van der Waals surface area contributed by atoms with Crippen LogP contribution in [0.25, 0.3) is 0 Å². The lowest BCUT2D eigenvalue weighted by Gasteiger charge is -2.38. The maximum absolute atomic E-state index is 12.2. The second-order valence-corrected chi connectivity index (χ2v) is 5.98. The van der Waals surface area contributed by atoms with Crippen LogP contribution in [0.2, 0.25) is 0 Å². The summed E-state index contributed by atoms with van der Waals surface area (Å²) in [6.07, 6.45) is 1.99. The van der Waals surface area contributed by atoms with Crippen molar-refractivity contribution in [2.75, 3.05) is 13.1 Å². The minimum absolute atomic E-state index is 0.176. The Morgan fingerprint density at radius 2 is 2.06 bits per heavy atom. The number of carbonyl (C=O) groups is 1. The maximum Gasteiger partial charge on any atom is 0.410 e. The SMILES string of the molecule is CC(C)N(C(=O)OC(C)(C)C)C1CCCNC1. The Hall–Kier alpha value is -0.770. The number of hydrogen-bond donors (Lipinski definition) is 1. The van der Waals surface area contributed by atoms with Gasteiger partial charge in [-0.25, -0.2) is 4.79 Å². The lowest BCUT2D eigenvalue weighted by molar-refractivity contribution is 0.00580. The molecule has 0 aromatic heterocycles. The van der Waals surface area contributed by atoms with Crippen molar-refractivity contribution >= 4 is 6.09 Å². The second kappa shape index (κ2) is 5.71. The van der Waals surface area contributed by atoms with Gasteiger partial charge in [-0.2, -0.15) is 0 Å². The molecule has 1 saturated heterocycles. The van der Waals surface area contributed by atoms with Crippen LogP contribution >= 0.6 is 0 Å². The summed E-state index contributed by atoms with van der Waals surface area (Å²) < 4.78 is 5.47. The maximum atomic E-state index is 12.2. The van der Waals surface area contributed by atoms with Gasteiger partial charge in [0.15, 0.2) is 0 Å². The number of piperidine rings is 1. The Morgan fingerprint density at radius 1 is 1.41 bits per heavy atom. The predicted molar refractivity (Wildman–Crippen MR) is 69.1 cm³/mol. The molecule has 0 spiro atoms. The molecule has 1 heterocycles. The van der Waals surface area contributed by atoms with Crippen LogP contribution in [-0.2, 0) is 4.74 Å². The van der Waals surface area contributed by atoms with Gasteiger partial charge in [-0.1, -0.05) is 0 Å². The highest BCUT2D eigenvalue weighted by molar-refractivity contribution is 5.69. The number of carbonyl (C=O) groups excluding carboxylic acids is 1. The topological polar surface area (TPSA) is 41.6 Å².